The Morgan fingerprint density at radius 2 is 0.882 bits per heavy atom. The molecule has 6 nitrogen and oxygen atoms in total. The molecule has 11 rings (SSSR count). The van der Waals surface area contributed by atoms with Gasteiger partial charge in [0.25, 0.3) is 0 Å². The number of para-hydroxylation sites is 4. The normalized spacial score (nSPS) is 11.9. The zero-order chi connectivity index (χ0) is 33.5. The topological polar surface area (TPSA) is 61.7 Å². The molecule has 0 atom stereocenters. The summed E-state index contributed by atoms with van der Waals surface area (Å²) < 4.78 is 11.6. The van der Waals surface area contributed by atoms with Crippen molar-refractivity contribution in [2.75, 3.05) is 0 Å². The van der Waals surface area contributed by atoms with Gasteiger partial charge in [0.2, 0.25) is 5.95 Å². The molecule has 0 radical (unpaired) electrons. The van der Waals surface area contributed by atoms with Crippen molar-refractivity contribution in [3.63, 3.8) is 0 Å². The first-order chi connectivity index (χ1) is 25.3. The highest BCUT2D eigenvalue weighted by Crippen LogP contribution is 2.49. The first kappa shape index (κ1) is 27.9. The molecule has 4 aromatic heterocycles. The quantitative estimate of drug-likeness (QED) is 0.190. The molecule has 4 heterocycles. The SMILES string of the molecule is c1ccc(-c2nc(-c3ccccc3)nc(-n3c4ccccc4c4c5c6ccccc6n(-c6ccccc6)c5c5c6ccccc6oc5c43)n2)cc1. The number of hydrogen-bond acceptors (Lipinski definition) is 4. The molecule has 0 aliphatic carbocycles. The lowest BCUT2D eigenvalue weighted by Gasteiger charge is -2.12. The molecule has 0 amide bonds. The van der Waals surface area contributed by atoms with E-state index in [9.17, 15) is 0 Å². The summed E-state index contributed by atoms with van der Waals surface area (Å²) in [6, 6.07) is 56.4. The second-order valence-electron chi connectivity index (χ2n) is 12.8. The van der Waals surface area contributed by atoms with Gasteiger partial charge in [0.1, 0.15) is 11.1 Å². The van der Waals surface area contributed by atoms with Gasteiger partial charge in [-0.05, 0) is 30.3 Å². The van der Waals surface area contributed by atoms with Crippen LogP contribution in [-0.2, 0) is 0 Å². The van der Waals surface area contributed by atoms with Gasteiger partial charge in [0.15, 0.2) is 17.2 Å². The lowest BCUT2D eigenvalue weighted by atomic mass is 10.0. The van der Waals surface area contributed by atoms with E-state index in [0.717, 1.165) is 71.6 Å². The van der Waals surface area contributed by atoms with E-state index < -0.39 is 0 Å². The predicted octanol–water partition coefficient (Wildman–Crippen LogP) is 11.3. The summed E-state index contributed by atoms with van der Waals surface area (Å²) in [6.07, 6.45) is 0. The second kappa shape index (κ2) is 10.7. The van der Waals surface area contributed by atoms with Crippen LogP contribution in [0, 0.1) is 0 Å². The minimum Gasteiger partial charge on any atom is -0.454 e. The van der Waals surface area contributed by atoms with Crippen LogP contribution in [0.4, 0.5) is 0 Å². The predicted molar refractivity (Wildman–Crippen MR) is 207 cm³/mol. The Bertz CT molecular complexity index is 3060. The third-order valence-corrected chi connectivity index (χ3v) is 9.95. The summed E-state index contributed by atoms with van der Waals surface area (Å²) in [5.74, 6) is 1.74. The van der Waals surface area contributed by atoms with Crippen LogP contribution < -0.4 is 0 Å². The molecular formula is C45H27N5O. The van der Waals surface area contributed by atoms with Crippen LogP contribution in [0.15, 0.2) is 168 Å². The lowest BCUT2D eigenvalue weighted by Crippen LogP contribution is -2.06. The Morgan fingerprint density at radius 3 is 1.51 bits per heavy atom. The molecule has 7 aromatic carbocycles. The maximum Gasteiger partial charge on any atom is 0.238 e. The van der Waals surface area contributed by atoms with Crippen LogP contribution in [0.25, 0.3) is 100.0 Å². The van der Waals surface area contributed by atoms with Gasteiger partial charge in [-0.2, -0.15) is 9.97 Å². The molecule has 0 N–H and O–H groups in total. The van der Waals surface area contributed by atoms with E-state index in [1.165, 1.54) is 10.8 Å². The van der Waals surface area contributed by atoms with Crippen LogP contribution in [0.3, 0.4) is 0 Å². The maximum absolute atomic E-state index is 6.98. The number of furan rings is 1. The molecule has 0 aliphatic heterocycles. The number of rotatable bonds is 4. The molecule has 0 spiro atoms. The van der Waals surface area contributed by atoms with Crippen molar-refractivity contribution in [1.82, 2.24) is 24.1 Å². The molecule has 11 aromatic rings. The number of nitrogens with zero attached hydrogens (tertiary/aromatic N) is 5. The zero-order valence-electron chi connectivity index (χ0n) is 27.2. The molecule has 0 fully saturated rings. The van der Waals surface area contributed by atoms with Crippen LogP contribution in [0.1, 0.15) is 0 Å². The largest absolute Gasteiger partial charge is 0.454 e. The summed E-state index contributed by atoms with van der Waals surface area (Å²) in [5.41, 5.74) is 8.71. The van der Waals surface area contributed by atoms with Crippen molar-refractivity contribution < 1.29 is 4.42 Å². The third-order valence-electron chi connectivity index (χ3n) is 9.95. The minimum atomic E-state index is 0.529. The van der Waals surface area contributed by atoms with Gasteiger partial charge in [-0.3, -0.25) is 4.57 Å². The summed E-state index contributed by atoms with van der Waals surface area (Å²) in [4.78, 5) is 15.4. The highest BCUT2D eigenvalue weighted by atomic mass is 16.3. The van der Waals surface area contributed by atoms with E-state index in [1.54, 1.807) is 0 Å². The summed E-state index contributed by atoms with van der Waals surface area (Å²) in [7, 11) is 0. The van der Waals surface area contributed by atoms with Crippen LogP contribution >= 0.6 is 0 Å². The molecule has 0 saturated heterocycles. The molecule has 51 heavy (non-hydrogen) atoms. The van der Waals surface area contributed by atoms with Crippen LogP contribution in [0.2, 0.25) is 0 Å². The Balaban J connectivity index is 1.39. The number of aromatic nitrogens is 5. The van der Waals surface area contributed by atoms with Crippen molar-refractivity contribution in [1.29, 1.82) is 0 Å². The highest BCUT2D eigenvalue weighted by Gasteiger charge is 2.28. The highest BCUT2D eigenvalue weighted by molar-refractivity contribution is 6.39. The van der Waals surface area contributed by atoms with Gasteiger partial charge in [-0.25, -0.2) is 4.98 Å². The zero-order valence-corrected chi connectivity index (χ0v) is 27.2. The molecule has 6 heteroatoms. The van der Waals surface area contributed by atoms with E-state index in [4.69, 9.17) is 19.4 Å². The van der Waals surface area contributed by atoms with E-state index in [2.05, 4.69) is 106 Å². The van der Waals surface area contributed by atoms with Crippen molar-refractivity contribution in [3.8, 4) is 34.4 Å². The minimum absolute atomic E-state index is 0.529. The standard InChI is InChI=1S/C45H27N5O/c1-4-16-28(17-5-1)43-46-44(29-18-6-2-7-19-29)48-45(47-43)50-35-26-14-11-23-32(35)38-37-31-22-10-13-25-34(31)49(30-20-8-3-9-21-30)40(37)39-33-24-12-15-27-36(33)51-42(39)41(38)50/h1-27H. The van der Waals surface area contributed by atoms with Crippen LogP contribution in [0.5, 0.6) is 0 Å². The molecule has 238 valence electrons. The summed E-state index contributed by atoms with van der Waals surface area (Å²) in [6.45, 7) is 0. The average Bonchev–Trinajstić information content (AvgIpc) is 3.87. The fourth-order valence-electron chi connectivity index (χ4n) is 7.84. The van der Waals surface area contributed by atoms with Crippen molar-refractivity contribution >= 4 is 65.6 Å². The van der Waals surface area contributed by atoms with Gasteiger partial charge >= 0.3 is 0 Å². The Morgan fingerprint density at radius 1 is 0.392 bits per heavy atom. The molecule has 0 unspecified atom stereocenters. The fraction of sp³-hybridized carbons (Fsp3) is 0. The summed E-state index contributed by atoms with van der Waals surface area (Å²) in [5, 5.41) is 6.64. The Kier molecular flexibility index (Phi) is 5.86. The molecule has 0 saturated carbocycles. The Hall–Kier alpha value is -7.05. The van der Waals surface area contributed by atoms with E-state index in [-0.39, 0.29) is 0 Å². The second-order valence-corrected chi connectivity index (χ2v) is 12.8. The first-order valence-electron chi connectivity index (χ1n) is 17.1. The van der Waals surface area contributed by atoms with Gasteiger partial charge < -0.3 is 8.98 Å². The number of benzene rings is 7. The van der Waals surface area contributed by atoms with Gasteiger partial charge in [-0.15, -0.1) is 0 Å². The van der Waals surface area contributed by atoms with E-state index in [1.807, 2.05) is 66.7 Å². The number of fused-ring (bicyclic) bond motifs is 12. The van der Waals surface area contributed by atoms with Gasteiger partial charge in [0.05, 0.1) is 21.9 Å². The molecular weight excluding hydrogens is 627 g/mol. The van der Waals surface area contributed by atoms with E-state index >= 15 is 0 Å². The third kappa shape index (κ3) is 4.01. The van der Waals surface area contributed by atoms with Gasteiger partial charge in [0, 0.05) is 43.7 Å². The Labute approximate surface area is 291 Å². The number of hydrogen-bond donors (Lipinski definition) is 0. The smallest absolute Gasteiger partial charge is 0.238 e. The van der Waals surface area contributed by atoms with E-state index in [0.29, 0.717) is 17.6 Å². The lowest BCUT2D eigenvalue weighted by molar-refractivity contribution is 0.671. The van der Waals surface area contributed by atoms with Crippen molar-refractivity contribution in [2.45, 2.75) is 0 Å². The van der Waals surface area contributed by atoms with Crippen LogP contribution in [-0.4, -0.2) is 24.1 Å². The molecule has 0 bridgehead atoms. The molecule has 0 aliphatic rings. The van der Waals surface area contributed by atoms with Gasteiger partial charge in [-0.1, -0.05) is 133 Å². The van der Waals surface area contributed by atoms with Crippen molar-refractivity contribution in [2.24, 2.45) is 0 Å². The monoisotopic (exact) mass is 653 g/mol. The van der Waals surface area contributed by atoms with Crippen molar-refractivity contribution in [3.05, 3.63) is 164 Å². The fourth-order valence-corrected chi connectivity index (χ4v) is 7.84. The summed E-state index contributed by atoms with van der Waals surface area (Å²) >= 11 is 0. The average molecular weight is 654 g/mol. The maximum atomic E-state index is 6.98. The first-order valence-corrected chi connectivity index (χ1v) is 17.1.